The lowest BCUT2D eigenvalue weighted by molar-refractivity contribution is -0.385. The Bertz CT molecular complexity index is 877. The number of carbonyl (C=O) groups is 3. The van der Waals surface area contributed by atoms with Crippen LogP contribution in [0.2, 0.25) is 0 Å². The number of rotatable bonds is 6. The molecular formula is C17H15N3O6. The molecule has 9 nitrogen and oxygen atoms in total. The third-order valence-electron chi connectivity index (χ3n) is 3.52. The van der Waals surface area contributed by atoms with E-state index in [-0.39, 0.29) is 22.5 Å². The minimum atomic E-state index is -0.757. The standard InChI is InChI=1S/C17H15N3O6/c1-10-13(3-2-4-14(10)20(24)25)19-15(21)9-26-17(23)12-7-5-11(6-8-12)16(18)22/h2-8H,9H2,1H3,(H2,18,22)(H,19,21). The molecule has 0 unspecified atom stereocenters. The second kappa shape index (κ2) is 7.88. The maximum atomic E-state index is 11.9. The number of hydrogen-bond acceptors (Lipinski definition) is 6. The monoisotopic (exact) mass is 357 g/mol. The molecule has 3 N–H and O–H groups in total. The van der Waals surface area contributed by atoms with Gasteiger partial charge in [-0.1, -0.05) is 6.07 Å². The Balaban J connectivity index is 1.96. The lowest BCUT2D eigenvalue weighted by Gasteiger charge is -2.09. The quantitative estimate of drug-likeness (QED) is 0.458. The highest BCUT2D eigenvalue weighted by molar-refractivity contribution is 5.97. The van der Waals surface area contributed by atoms with Crippen molar-refractivity contribution in [2.24, 2.45) is 5.73 Å². The van der Waals surface area contributed by atoms with Gasteiger partial charge in [0.15, 0.2) is 6.61 Å². The first-order chi connectivity index (χ1) is 12.3. The maximum absolute atomic E-state index is 11.9. The summed E-state index contributed by atoms with van der Waals surface area (Å²) in [7, 11) is 0. The first-order valence-corrected chi connectivity index (χ1v) is 7.40. The van der Waals surface area contributed by atoms with Gasteiger partial charge in [0.2, 0.25) is 5.91 Å². The SMILES string of the molecule is Cc1c(NC(=O)COC(=O)c2ccc(C(N)=O)cc2)cccc1[N+](=O)[O-]. The number of hydrogen-bond donors (Lipinski definition) is 2. The van der Waals surface area contributed by atoms with Crippen molar-refractivity contribution < 1.29 is 24.0 Å². The summed E-state index contributed by atoms with van der Waals surface area (Å²) < 4.78 is 4.88. The van der Waals surface area contributed by atoms with E-state index >= 15 is 0 Å². The molecule has 2 rings (SSSR count). The highest BCUT2D eigenvalue weighted by atomic mass is 16.6. The largest absolute Gasteiger partial charge is 0.452 e. The summed E-state index contributed by atoms with van der Waals surface area (Å²) in [5.41, 5.74) is 5.90. The van der Waals surface area contributed by atoms with Crippen molar-refractivity contribution in [3.63, 3.8) is 0 Å². The van der Waals surface area contributed by atoms with Gasteiger partial charge in [0, 0.05) is 11.6 Å². The first kappa shape index (κ1) is 18.6. The van der Waals surface area contributed by atoms with Gasteiger partial charge >= 0.3 is 5.97 Å². The zero-order valence-corrected chi connectivity index (χ0v) is 13.7. The molecule has 0 aliphatic rings. The number of ether oxygens (including phenoxy) is 1. The Hall–Kier alpha value is -3.75. The van der Waals surface area contributed by atoms with Crippen LogP contribution in [0.4, 0.5) is 11.4 Å². The third-order valence-corrected chi connectivity index (χ3v) is 3.52. The van der Waals surface area contributed by atoms with E-state index in [1.807, 2.05) is 0 Å². The summed E-state index contributed by atoms with van der Waals surface area (Å²) in [4.78, 5) is 45.1. The first-order valence-electron chi connectivity index (χ1n) is 7.40. The van der Waals surface area contributed by atoms with Crippen LogP contribution < -0.4 is 11.1 Å². The number of anilines is 1. The van der Waals surface area contributed by atoms with Gasteiger partial charge < -0.3 is 15.8 Å². The fraction of sp³-hybridized carbons (Fsp3) is 0.118. The smallest absolute Gasteiger partial charge is 0.338 e. The minimum absolute atomic E-state index is 0.130. The third kappa shape index (κ3) is 4.41. The summed E-state index contributed by atoms with van der Waals surface area (Å²) in [5, 5.41) is 13.3. The molecule has 0 aromatic heterocycles. The predicted octanol–water partition coefficient (Wildman–Crippen LogP) is 1.80. The second-order valence-corrected chi connectivity index (χ2v) is 5.27. The van der Waals surface area contributed by atoms with Crippen LogP contribution in [0.25, 0.3) is 0 Å². The minimum Gasteiger partial charge on any atom is -0.452 e. The number of carbonyl (C=O) groups excluding carboxylic acids is 3. The molecule has 0 saturated heterocycles. The van der Waals surface area contributed by atoms with Gasteiger partial charge in [-0.3, -0.25) is 19.7 Å². The molecule has 26 heavy (non-hydrogen) atoms. The molecule has 0 heterocycles. The molecule has 2 aromatic carbocycles. The topological polar surface area (TPSA) is 142 Å². The lowest BCUT2D eigenvalue weighted by atomic mass is 10.1. The maximum Gasteiger partial charge on any atom is 0.338 e. The van der Waals surface area contributed by atoms with E-state index in [2.05, 4.69) is 5.32 Å². The van der Waals surface area contributed by atoms with Crippen LogP contribution in [0.1, 0.15) is 26.3 Å². The van der Waals surface area contributed by atoms with Crippen molar-refractivity contribution in [3.05, 3.63) is 69.3 Å². The Labute approximate surface area is 147 Å². The van der Waals surface area contributed by atoms with E-state index in [9.17, 15) is 24.5 Å². The number of nitro groups is 1. The normalized spacial score (nSPS) is 10.0. The van der Waals surface area contributed by atoms with Crippen LogP contribution in [0, 0.1) is 17.0 Å². The van der Waals surface area contributed by atoms with E-state index in [1.165, 1.54) is 49.4 Å². The van der Waals surface area contributed by atoms with Crippen molar-refractivity contribution in [3.8, 4) is 0 Å². The van der Waals surface area contributed by atoms with Gasteiger partial charge in [-0.25, -0.2) is 4.79 Å². The van der Waals surface area contributed by atoms with Crippen molar-refractivity contribution in [1.29, 1.82) is 0 Å². The van der Waals surface area contributed by atoms with Gasteiger partial charge in [0.25, 0.3) is 11.6 Å². The lowest BCUT2D eigenvalue weighted by Crippen LogP contribution is -2.21. The summed E-state index contributed by atoms with van der Waals surface area (Å²) >= 11 is 0. The van der Waals surface area contributed by atoms with E-state index in [0.29, 0.717) is 5.56 Å². The summed E-state index contributed by atoms with van der Waals surface area (Å²) in [5.74, 6) is -2.03. The molecule has 2 amide bonds. The van der Waals surface area contributed by atoms with E-state index in [4.69, 9.17) is 10.5 Å². The number of nitrogens with zero attached hydrogens (tertiary/aromatic N) is 1. The average Bonchev–Trinajstić information content (AvgIpc) is 2.61. The second-order valence-electron chi connectivity index (χ2n) is 5.27. The predicted molar refractivity (Wildman–Crippen MR) is 91.7 cm³/mol. The highest BCUT2D eigenvalue weighted by Gasteiger charge is 2.16. The summed E-state index contributed by atoms with van der Waals surface area (Å²) in [6.45, 7) is 0.929. The van der Waals surface area contributed by atoms with Gasteiger partial charge in [-0.05, 0) is 37.3 Å². The zero-order valence-electron chi connectivity index (χ0n) is 13.7. The molecule has 0 spiro atoms. The summed E-state index contributed by atoms with van der Waals surface area (Å²) in [6.07, 6.45) is 0. The van der Waals surface area contributed by atoms with Gasteiger partial charge in [-0.15, -0.1) is 0 Å². The Kier molecular flexibility index (Phi) is 5.63. The average molecular weight is 357 g/mol. The molecular weight excluding hydrogens is 342 g/mol. The molecule has 0 aliphatic carbocycles. The molecule has 2 aromatic rings. The van der Waals surface area contributed by atoms with Gasteiger partial charge in [0.1, 0.15) is 0 Å². The van der Waals surface area contributed by atoms with E-state index < -0.39 is 29.3 Å². The van der Waals surface area contributed by atoms with Gasteiger partial charge in [-0.2, -0.15) is 0 Å². The van der Waals surface area contributed by atoms with Crippen molar-refractivity contribution in [1.82, 2.24) is 0 Å². The fourth-order valence-electron chi connectivity index (χ4n) is 2.13. The van der Waals surface area contributed by atoms with E-state index in [1.54, 1.807) is 0 Å². The van der Waals surface area contributed by atoms with Crippen LogP contribution >= 0.6 is 0 Å². The number of amides is 2. The van der Waals surface area contributed by atoms with Crippen LogP contribution in [0.15, 0.2) is 42.5 Å². The Morgan fingerprint density at radius 1 is 1.12 bits per heavy atom. The molecule has 0 fully saturated rings. The van der Waals surface area contributed by atoms with Crippen LogP contribution in [0.3, 0.4) is 0 Å². The number of nitrogens with one attached hydrogen (secondary N) is 1. The van der Waals surface area contributed by atoms with Crippen molar-refractivity contribution >= 4 is 29.2 Å². The fourth-order valence-corrected chi connectivity index (χ4v) is 2.13. The van der Waals surface area contributed by atoms with Crippen molar-refractivity contribution in [2.75, 3.05) is 11.9 Å². The molecule has 0 atom stereocenters. The number of primary amides is 1. The summed E-state index contributed by atoms with van der Waals surface area (Å²) in [6, 6.07) is 9.70. The molecule has 0 aliphatic heterocycles. The Morgan fingerprint density at radius 3 is 2.31 bits per heavy atom. The van der Waals surface area contributed by atoms with Crippen LogP contribution in [0.5, 0.6) is 0 Å². The molecule has 0 saturated carbocycles. The molecule has 134 valence electrons. The number of esters is 1. The van der Waals surface area contributed by atoms with Crippen LogP contribution in [-0.4, -0.2) is 29.3 Å². The molecule has 0 radical (unpaired) electrons. The van der Waals surface area contributed by atoms with Crippen LogP contribution in [-0.2, 0) is 9.53 Å². The van der Waals surface area contributed by atoms with E-state index in [0.717, 1.165) is 0 Å². The molecule has 9 heteroatoms. The molecule has 0 bridgehead atoms. The Morgan fingerprint density at radius 2 is 1.73 bits per heavy atom. The number of benzene rings is 2. The van der Waals surface area contributed by atoms with Crippen molar-refractivity contribution in [2.45, 2.75) is 6.92 Å². The zero-order chi connectivity index (χ0) is 19.3. The van der Waals surface area contributed by atoms with Gasteiger partial charge in [0.05, 0.1) is 21.7 Å². The number of nitrogens with two attached hydrogens (primary N) is 1. The number of nitro benzene ring substituents is 1. The highest BCUT2D eigenvalue weighted by Crippen LogP contribution is 2.24.